The van der Waals surface area contributed by atoms with Gasteiger partial charge in [0.1, 0.15) is 6.54 Å². The normalized spacial score (nSPS) is 17.2. The molecule has 0 unspecified atom stereocenters. The van der Waals surface area contributed by atoms with Gasteiger partial charge in [0, 0.05) is 36.7 Å². The maximum atomic E-state index is 12.1. The molecule has 1 aliphatic heterocycles. The molecule has 1 aromatic rings. The van der Waals surface area contributed by atoms with Crippen LogP contribution in [0.4, 0.5) is 0 Å². The van der Waals surface area contributed by atoms with Crippen LogP contribution in [-0.4, -0.2) is 60.0 Å². The molecule has 1 heterocycles. The van der Waals surface area contributed by atoms with Crippen LogP contribution in [0.1, 0.15) is 26.3 Å². The molecular weight excluding hydrogens is 332 g/mol. The first-order valence-electron chi connectivity index (χ1n) is 8.98. The van der Waals surface area contributed by atoms with Crippen LogP contribution < -0.4 is 10.6 Å². The van der Waals surface area contributed by atoms with Crippen molar-refractivity contribution >= 4 is 23.6 Å². The van der Waals surface area contributed by atoms with Gasteiger partial charge in [0.2, 0.25) is 5.91 Å². The maximum Gasteiger partial charge on any atom is 0.241 e. The number of nitrogens with one attached hydrogen (secondary N) is 2. The molecule has 1 saturated heterocycles. The highest BCUT2D eigenvalue weighted by molar-refractivity contribution is 8.00. The van der Waals surface area contributed by atoms with Crippen LogP contribution in [-0.2, 0) is 11.2 Å². The lowest BCUT2D eigenvalue weighted by Crippen LogP contribution is -2.51. The van der Waals surface area contributed by atoms with E-state index in [9.17, 15) is 4.79 Å². The Bertz CT molecular complexity index is 574. The number of amides is 1. The Kier molecular flexibility index (Phi) is 7.62. The number of carbonyl (C=O) groups excluding carboxylic acids is 1. The molecule has 1 amide bonds. The van der Waals surface area contributed by atoms with Gasteiger partial charge < -0.3 is 15.5 Å². The smallest absolute Gasteiger partial charge is 0.241 e. The fourth-order valence-corrected chi connectivity index (χ4v) is 3.93. The Balaban J connectivity index is 1.82. The van der Waals surface area contributed by atoms with E-state index < -0.39 is 0 Å². The Morgan fingerprint density at radius 2 is 2.04 bits per heavy atom. The van der Waals surface area contributed by atoms with Gasteiger partial charge in [-0.3, -0.25) is 4.79 Å². The highest BCUT2D eigenvalue weighted by Gasteiger charge is 2.28. The summed E-state index contributed by atoms with van der Waals surface area (Å²) in [7, 11) is 0. The zero-order chi connectivity index (χ0) is 18.1. The van der Waals surface area contributed by atoms with Crippen molar-refractivity contribution in [1.82, 2.24) is 15.5 Å². The van der Waals surface area contributed by atoms with Crippen LogP contribution in [0.25, 0.3) is 0 Å². The van der Waals surface area contributed by atoms with Crippen molar-refractivity contribution in [2.45, 2.75) is 31.9 Å². The fraction of sp³-hybridized carbons (Fsp3) is 0.579. The zero-order valence-electron chi connectivity index (χ0n) is 15.5. The van der Waals surface area contributed by atoms with Gasteiger partial charge in [-0.1, -0.05) is 30.3 Å². The molecule has 1 fully saturated rings. The molecule has 1 aliphatic rings. The van der Waals surface area contributed by atoms with Crippen LogP contribution in [0.3, 0.4) is 0 Å². The molecule has 0 bridgehead atoms. The summed E-state index contributed by atoms with van der Waals surface area (Å²) in [6.45, 7) is 10.1. The highest BCUT2D eigenvalue weighted by Crippen LogP contribution is 2.29. The van der Waals surface area contributed by atoms with E-state index in [-0.39, 0.29) is 17.2 Å². The number of rotatable bonds is 6. The number of thioether (sulfide) groups is 1. The number of hydrogen-bond donors (Lipinski definition) is 2. The number of guanidine groups is 1. The summed E-state index contributed by atoms with van der Waals surface area (Å²) in [5.74, 6) is 1.90. The van der Waals surface area contributed by atoms with Crippen molar-refractivity contribution in [3.63, 3.8) is 0 Å². The minimum Gasteiger partial charge on any atom is -0.357 e. The molecule has 0 saturated carbocycles. The Labute approximate surface area is 155 Å². The van der Waals surface area contributed by atoms with Crippen LogP contribution in [0.5, 0.6) is 0 Å². The van der Waals surface area contributed by atoms with Crippen LogP contribution in [0.2, 0.25) is 0 Å². The summed E-state index contributed by atoms with van der Waals surface area (Å²) < 4.78 is 0.215. The van der Waals surface area contributed by atoms with Gasteiger partial charge in [0.15, 0.2) is 5.96 Å². The number of nitrogens with zero attached hydrogens (tertiary/aromatic N) is 2. The second kappa shape index (κ2) is 9.70. The molecule has 5 nitrogen and oxygen atoms in total. The molecule has 0 aromatic heterocycles. The standard InChI is InChI=1S/C19H30N4OS/c1-4-20-18(23-12-13-25-19(2,3)15-23)22-14-17(24)21-11-10-16-8-6-5-7-9-16/h5-9H,4,10-15H2,1-3H3,(H,20,22)(H,21,24). The molecule has 1 aromatic carbocycles. The number of carbonyl (C=O) groups is 1. The van der Waals surface area contributed by atoms with Gasteiger partial charge in [-0.25, -0.2) is 4.99 Å². The number of aliphatic imine (C=N–C) groups is 1. The summed E-state index contributed by atoms with van der Waals surface area (Å²) >= 11 is 1.99. The van der Waals surface area contributed by atoms with E-state index >= 15 is 0 Å². The van der Waals surface area contributed by atoms with E-state index in [1.165, 1.54) is 5.56 Å². The number of hydrogen-bond acceptors (Lipinski definition) is 3. The average molecular weight is 363 g/mol. The van der Waals surface area contributed by atoms with E-state index in [2.05, 4.69) is 53.4 Å². The average Bonchev–Trinajstić information content (AvgIpc) is 2.58. The maximum absolute atomic E-state index is 12.1. The van der Waals surface area contributed by atoms with Crippen molar-refractivity contribution < 1.29 is 4.79 Å². The predicted molar refractivity (Wildman–Crippen MR) is 107 cm³/mol. The first kappa shape index (κ1) is 19.6. The Hall–Kier alpha value is -1.69. The third-order valence-electron chi connectivity index (χ3n) is 4.01. The molecule has 138 valence electrons. The van der Waals surface area contributed by atoms with E-state index in [0.717, 1.165) is 37.8 Å². The van der Waals surface area contributed by atoms with E-state index in [1.54, 1.807) is 0 Å². The van der Waals surface area contributed by atoms with Crippen molar-refractivity contribution in [2.75, 3.05) is 38.5 Å². The van der Waals surface area contributed by atoms with Crippen LogP contribution >= 0.6 is 11.8 Å². The van der Waals surface area contributed by atoms with Gasteiger partial charge in [-0.2, -0.15) is 11.8 Å². The number of benzene rings is 1. The van der Waals surface area contributed by atoms with Crippen molar-refractivity contribution in [3.05, 3.63) is 35.9 Å². The van der Waals surface area contributed by atoms with Gasteiger partial charge in [-0.15, -0.1) is 0 Å². The summed E-state index contributed by atoms with van der Waals surface area (Å²) in [6.07, 6.45) is 0.841. The third kappa shape index (κ3) is 6.98. The second-order valence-electron chi connectivity index (χ2n) is 6.79. The molecule has 0 radical (unpaired) electrons. The fourth-order valence-electron chi connectivity index (χ4n) is 2.82. The molecular formula is C19H30N4OS. The van der Waals surface area contributed by atoms with Crippen molar-refractivity contribution in [2.24, 2.45) is 4.99 Å². The van der Waals surface area contributed by atoms with Crippen molar-refractivity contribution in [1.29, 1.82) is 0 Å². The molecule has 0 aliphatic carbocycles. The summed E-state index contributed by atoms with van der Waals surface area (Å²) in [5, 5.41) is 6.27. The van der Waals surface area contributed by atoms with Gasteiger partial charge in [0.25, 0.3) is 0 Å². The predicted octanol–water partition coefficient (Wildman–Crippen LogP) is 2.14. The van der Waals surface area contributed by atoms with E-state index in [1.807, 2.05) is 30.0 Å². The lowest BCUT2D eigenvalue weighted by Gasteiger charge is -2.39. The summed E-state index contributed by atoms with van der Waals surface area (Å²) in [6, 6.07) is 10.2. The molecule has 0 atom stereocenters. The second-order valence-corrected chi connectivity index (χ2v) is 8.59. The van der Waals surface area contributed by atoms with Crippen molar-refractivity contribution in [3.8, 4) is 0 Å². The zero-order valence-corrected chi connectivity index (χ0v) is 16.4. The first-order valence-corrected chi connectivity index (χ1v) is 9.96. The molecule has 2 rings (SSSR count). The lowest BCUT2D eigenvalue weighted by atomic mass is 10.1. The SMILES string of the molecule is CCNC(=NCC(=O)NCCc1ccccc1)N1CCSC(C)(C)C1. The van der Waals surface area contributed by atoms with Crippen LogP contribution in [0.15, 0.2) is 35.3 Å². The molecule has 0 spiro atoms. The lowest BCUT2D eigenvalue weighted by molar-refractivity contribution is -0.119. The Morgan fingerprint density at radius 1 is 1.28 bits per heavy atom. The molecule has 2 N–H and O–H groups in total. The largest absolute Gasteiger partial charge is 0.357 e. The van der Waals surface area contributed by atoms with E-state index in [4.69, 9.17) is 0 Å². The third-order valence-corrected chi connectivity index (χ3v) is 5.31. The van der Waals surface area contributed by atoms with Gasteiger partial charge in [0.05, 0.1) is 0 Å². The van der Waals surface area contributed by atoms with E-state index in [0.29, 0.717) is 6.54 Å². The quantitative estimate of drug-likeness (QED) is 0.601. The Morgan fingerprint density at radius 3 is 2.72 bits per heavy atom. The summed E-state index contributed by atoms with van der Waals surface area (Å²) in [4.78, 5) is 18.9. The minimum absolute atomic E-state index is 0.0306. The molecule has 25 heavy (non-hydrogen) atoms. The monoisotopic (exact) mass is 362 g/mol. The first-order chi connectivity index (χ1) is 12.0. The van der Waals surface area contributed by atoms with Gasteiger partial charge in [-0.05, 0) is 32.8 Å². The topological polar surface area (TPSA) is 56.7 Å². The minimum atomic E-state index is -0.0306. The van der Waals surface area contributed by atoms with Gasteiger partial charge >= 0.3 is 0 Å². The van der Waals surface area contributed by atoms with Crippen LogP contribution in [0, 0.1) is 0 Å². The highest BCUT2D eigenvalue weighted by atomic mass is 32.2. The summed E-state index contributed by atoms with van der Waals surface area (Å²) in [5.41, 5.74) is 1.23. The molecule has 6 heteroatoms.